The van der Waals surface area contributed by atoms with Crippen LogP contribution >= 0.6 is 0 Å². The van der Waals surface area contributed by atoms with Crippen molar-refractivity contribution < 1.29 is 0 Å². The summed E-state index contributed by atoms with van der Waals surface area (Å²) in [7, 11) is 0. The van der Waals surface area contributed by atoms with Gasteiger partial charge >= 0.3 is 0 Å². The van der Waals surface area contributed by atoms with Gasteiger partial charge in [-0.2, -0.15) is 0 Å². The Kier molecular flexibility index (Phi) is 3.49. The summed E-state index contributed by atoms with van der Waals surface area (Å²) in [6.45, 7) is 0. The molecule has 1 nitrogen and oxygen atoms in total. The quantitative estimate of drug-likeness (QED) is 0.217. The molecule has 1 heterocycles. The molecule has 180 valence electrons. The van der Waals surface area contributed by atoms with Crippen LogP contribution in [0.1, 0.15) is 33.4 Å². The number of aromatic nitrogens is 1. The lowest BCUT2D eigenvalue weighted by Gasteiger charge is -2.30. The maximum atomic E-state index is 3.83. The molecule has 1 atom stereocenters. The predicted molar refractivity (Wildman–Crippen MR) is 160 cm³/mol. The molecule has 0 aliphatic heterocycles. The van der Waals surface area contributed by atoms with Gasteiger partial charge in [0.1, 0.15) is 0 Å². The van der Waals surface area contributed by atoms with Gasteiger partial charge in [-0.3, -0.25) is 0 Å². The molecule has 0 amide bonds. The van der Waals surface area contributed by atoms with Gasteiger partial charge < -0.3 is 4.98 Å². The monoisotopic (exact) mass is 493 g/mol. The van der Waals surface area contributed by atoms with Crippen molar-refractivity contribution in [3.8, 4) is 33.4 Å². The summed E-state index contributed by atoms with van der Waals surface area (Å²) in [5.41, 5.74) is 19.0. The van der Waals surface area contributed by atoms with Crippen molar-refractivity contribution in [3.05, 3.63) is 155 Å². The third-order valence-corrected chi connectivity index (χ3v) is 9.68. The van der Waals surface area contributed by atoms with Crippen molar-refractivity contribution >= 4 is 21.8 Å². The van der Waals surface area contributed by atoms with E-state index >= 15 is 0 Å². The van der Waals surface area contributed by atoms with Gasteiger partial charge in [-0.25, -0.2) is 0 Å². The van der Waals surface area contributed by atoms with E-state index in [0.29, 0.717) is 0 Å². The Labute approximate surface area is 226 Å². The summed E-state index contributed by atoms with van der Waals surface area (Å²) in [6, 6.07) is 45.5. The highest BCUT2D eigenvalue weighted by Gasteiger charge is 2.53. The predicted octanol–water partition coefficient (Wildman–Crippen LogP) is 9.24. The average molecular weight is 494 g/mol. The average Bonchev–Trinajstić information content (AvgIpc) is 3.71. The van der Waals surface area contributed by atoms with E-state index in [1.54, 1.807) is 0 Å². The molecule has 1 spiro atoms. The lowest BCUT2D eigenvalue weighted by molar-refractivity contribution is 0.794. The van der Waals surface area contributed by atoms with Crippen LogP contribution in [0.4, 0.5) is 0 Å². The first kappa shape index (κ1) is 20.1. The molecule has 1 aromatic heterocycles. The van der Waals surface area contributed by atoms with Crippen molar-refractivity contribution in [2.24, 2.45) is 0 Å². The molecule has 1 unspecified atom stereocenters. The highest BCUT2D eigenvalue weighted by molar-refractivity contribution is 6.15. The first-order valence-electron chi connectivity index (χ1n) is 13.8. The van der Waals surface area contributed by atoms with Crippen molar-refractivity contribution in [1.29, 1.82) is 0 Å². The molecule has 0 radical (unpaired) electrons. The van der Waals surface area contributed by atoms with E-state index in [4.69, 9.17) is 0 Å². The number of fused-ring (bicyclic) bond motifs is 18. The fourth-order valence-corrected chi connectivity index (χ4v) is 8.27. The zero-order chi connectivity index (χ0) is 25.3. The van der Waals surface area contributed by atoms with Crippen LogP contribution in [0.2, 0.25) is 0 Å². The maximum Gasteiger partial charge on any atom is 0.0726 e. The highest BCUT2D eigenvalue weighted by atomic mass is 14.7. The number of para-hydroxylation sites is 1. The molecule has 0 bridgehead atoms. The zero-order valence-corrected chi connectivity index (χ0v) is 21.3. The zero-order valence-electron chi connectivity index (χ0n) is 21.3. The summed E-state index contributed by atoms with van der Waals surface area (Å²) in [5, 5.41) is 2.59. The minimum atomic E-state index is -0.326. The number of H-pyrrole nitrogens is 1. The Morgan fingerprint density at radius 2 is 1.10 bits per heavy atom. The van der Waals surface area contributed by atoms with Gasteiger partial charge in [0.2, 0.25) is 0 Å². The van der Waals surface area contributed by atoms with E-state index in [0.717, 1.165) is 6.42 Å². The van der Waals surface area contributed by atoms with Gasteiger partial charge in [-0.1, -0.05) is 115 Å². The topological polar surface area (TPSA) is 15.8 Å². The molecule has 10 rings (SSSR count). The molecule has 7 aromatic rings. The van der Waals surface area contributed by atoms with Crippen LogP contribution in [0.25, 0.3) is 55.2 Å². The summed E-state index contributed by atoms with van der Waals surface area (Å²) < 4.78 is 0. The van der Waals surface area contributed by atoms with Crippen LogP contribution in [0, 0.1) is 0 Å². The van der Waals surface area contributed by atoms with Crippen LogP contribution in [0.15, 0.2) is 121 Å². The van der Waals surface area contributed by atoms with E-state index in [-0.39, 0.29) is 5.41 Å². The Morgan fingerprint density at radius 1 is 0.462 bits per heavy atom. The number of benzene rings is 6. The fourth-order valence-electron chi connectivity index (χ4n) is 8.27. The largest absolute Gasteiger partial charge is 0.354 e. The molecule has 0 saturated carbocycles. The van der Waals surface area contributed by atoms with Gasteiger partial charge in [-0.15, -0.1) is 0 Å². The normalized spacial score (nSPS) is 17.2. The van der Waals surface area contributed by atoms with Gasteiger partial charge in [0.05, 0.1) is 10.9 Å². The van der Waals surface area contributed by atoms with Crippen molar-refractivity contribution in [3.63, 3.8) is 0 Å². The molecule has 3 aliphatic rings. The molecule has 0 fully saturated rings. The van der Waals surface area contributed by atoms with E-state index in [1.807, 2.05) is 0 Å². The minimum absolute atomic E-state index is 0.326. The summed E-state index contributed by atoms with van der Waals surface area (Å²) >= 11 is 0. The Hall–Kier alpha value is -4.88. The smallest absolute Gasteiger partial charge is 0.0726 e. The van der Waals surface area contributed by atoms with Gasteiger partial charge in [-0.05, 0) is 73.7 Å². The van der Waals surface area contributed by atoms with Crippen LogP contribution < -0.4 is 0 Å². The minimum Gasteiger partial charge on any atom is -0.354 e. The fraction of sp³-hybridized carbons (Fsp3) is 0.0526. The molecular weight excluding hydrogens is 470 g/mol. The van der Waals surface area contributed by atoms with E-state index in [9.17, 15) is 0 Å². The Bertz CT molecular complexity index is 2210. The van der Waals surface area contributed by atoms with Crippen LogP contribution in [0.3, 0.4) is 0 Å². The van der Waals surface area contributed by atoms with E-state index in [2.05, 4.69) is 126 Å². The summed E-state index contributed by atoms with van der Waals surface area (Å²) in [4.78, 5) is 3.83. The molecule has 1 heteroatoms. The van der Waals surface area contributed by atoms with Crippen LogP contribution in [0.5, 0.6) is 0 Å². The van der Waals surface area contributed by atoms with Gasteiger partial charge in [0, 0.05) is 21.9 Å². The highest BCUT2D eigenvalue weighted by Crippen LogP contribution is 2.65. The second kappa shape index (κ2) is 6.76. The molecule has 0 saturated heterocycles. The lowest BCUT2D eigenvalue weighted by atomic mass is 9.70. The first-order chi connectivity index (χ1) is 19.4. The van der Waals surface area contributed by atoms with Crippen molar-refractivity contribution in [2.45, 2.75) is 11.8 Å². The third kappa shape index (κ3) is 2.19. The number of rotatable bonds is 0. The van der Waals surface area contributed by atoms with E-state index in [1.165, 1.54) is 88.6 Å². The lowest BCUT2D eigenvalue weighted by Crippen LogP contribution is -2.25. The Morgan fingerprint density at radius 3 is 1.95 bits per heavy atom. The molecular formula is C38H23N. The summed E-state index contributed by atoms with van der Waals surface area (Å²) in [5.74, 6) is 0. The van der Waals surface area contributed by atoms with Crippen molar-refractivity contribution in [2.75, 3.05) is 0 Å². The number of aromatic amines is 1. The first-order valence-corrected chi connectivity index (χ1v) is 13.8. The number of hydrogen-bond acceptors (Lipinski definition) is 0. The SMILES string of the molecule is c1ccc2c(c1)Cc1c-2ccc2c1-c1ccccc1C21c2ccccc2-c2c1ccc1c2[nH]c2ccccc21. The molecule has 1 N–H and O–H groups in total. The van der Waals surface area contributed by atoms with Crippen molar-refractivity contribution in [1.82, 2.24) is 4.98 Å². The van der Waals surface area contributed by atoms with Crippen LogP contribution in [-0.4, -0.2) is 4.98 Å². The van der Waals surface area contributed by atoms with Crippen LogP contribution in [-0.2, 0) is 11.8 Å². The molecule has 39 heavy (non-hydrogen) atoms. The second-order valence-corrected chi connectivity index (χ2v) is 11.3. The number of nitrogens with one attached hydrogen (secondary N) is 1. The number of hydrogen-bond donors (Lipinski definition) is 1. The maximum absolute atomic E-state index is 3.83. The molecule has 3 aliphatic carbocycles. The third-order valence-electron chi connectivity index (χ3n) is 9.68. The van der Waals surface area contributed by atoms with Gasteiger partial charge in [0.25, 0.3) is 0 Å². The Balaban J connectivity index is 1.38. The van der Waals surface area contributed by atoms with Gasteiger partial charge in [0.15, 0.2) is 0 Å². The van der Waals surface area contributed by atoms with E-state index < -0.39 is 0 Å². The standard InChI is InChI=1S/C38H23N/c1-2-10-23-22(9-1)21-29-24(23)17-19-32-35(29)27-12-3-6-14-30(27)38(32)31-15-7-4-13-28(31)36-33(38)20-18-26-25-11-5-8-16-34(25)39-37(26)36/h1-20,39H,21H2. The summed E-state index contributed by atoms with van der Waals surface area (Å²) in [6.07, 6.45) is 0.995. The second-order valence-electron chi connectivity index (χ2n) is 11.3. The molecule has 6 aromatic carbocycles.